The number of nitrogens with zero attached hydrogens (tertiary/aromatic N) is 2. The molecule has 0 aliphatic carbocycles. The summed E-state index contributed by atoms with van der Waals surface area (Å²) >= 11 is 1.81. The SMILES string of the molecule is CSCC(C)CNc1ncc(N)cc1C#N. The predicted molar refractivity (Wildman–Crippen MR) is 69.4 cm³/mol. The maximum absolute atomic E-state index is 8.92. The summed E-state index contributed by atoms with van der Waals surface area (Å²) in [7, 11) is 0. The first kappa shape index (κ1) is 12.7. The number of thioether (sulfide) groups is 1. The third-order valence-electron chi connectivity index (χ3n) is 2.10. The molecule has 1 rings (SSSR count). The number of pyridine rings is 1. The van der Waals surface area contributed by atoms with E-state index in [9.17, 15) is 0 Å². The minimum absolute atomic E-state index is 0.497. The summed E-state index contributed by atoms with van der Waals surface area (Å²) in [6, 6.07) is 3.72. The van der Waals surface area contributed by atoms with Crippen LogP contribution in [0.15, 0.2) is 12.3 Å². The summed E-state index contributed by atoms with van der Waals surface area (Å²) in [6.07, 6.45) is 3.64. The minimum Gasteiger partial charge on any atom is -0.397 e. The number of nitrogen functional groups attached to an aromatic ring is 1. The van der Waals surface area contributed by atoms with Gasteiger partial charge in [-0.05, 0) is 24.0 Å². The van der Waals surface area contributed by atoms with Crippen LogP contribution in [-0.4, -0.2) is 23.5 Å². The van der Waals surface area contributed by atoms with E-state index in [-0.39, 0.29) is 0 Å². The highest BCUT2D eigenvalue weighted by Crippen LogP contribution is 2.15. The maximum Gasteiger partial charge on any atom is 0.144 e. The Balaban J connectivity index is 2.64. The zero-order valence-corrected chi connectivity index (χ0v) is 10.3. The molecule has 0 saturated carbocycles. The standard InChI is InChI=1S/C11H16N4S/c1-8(7-16-2)5-14-11-9(4-12)3-10(13)6-15-11/h3,6,8H,5,7,13H2,1-2H3,(H,14,15). The Hall–Kier alpha value is -1.41. The van der Waals surface area contributed by atoms with Crippen molar-refractivity contribution in [2.24, 2.45) is 5.92 Å². The van der Waals surface area contributed by atoms with Crippen LogP contribution in [0, 0.1) is 17.2 Å². The molecule has 16 heavy (non-hydrogen) atoms. The lowest BCUT2D eigenvalue weighted by atomic mass is 10.2. The lowest BCUT2D eigenvalue weighted by molar-refractivity contribution is 0.699. The van der Waals surface area contributed by atoms with Gasteiger partial charge in [0.1, 0.15) is 11.9 Å². The molecule has 0 radical (unpaired) electrons. The van der Waals surface area contributed by atoms with E-state index in [1.807, 2.05) is 11.8 Å². The fourth-order valence-corrected chi connectivity index (χ4v) is 2.01. The van der Waals surface area contributed by atoms with Gasteiger partial charge >= 0.3 is 0 Å². The summed E-state index contributed by atoms with van der Waals surface area (Å²) < 4.78 is 0. The van der Waals surface area contributed by atoms with Gasteiger partial charge in [0.05, 0.1) is 17.4 Å². The number of nitrogens with one attached hydrogen (secondary N) is 1. The number of rotatable bonds is 5. The van der Waals surface area contributed by atoms with Crippen LogP contribution in [0.3, 0.4) is 0 Å². The van der Waals surface area contributed by atoms with Gasteiger partial charge in [0.25, 0.3) is 0 Å². The Kier molecular flexibility index (Phi) is 4.93. The largest absolute Gasteiger partial charge is 0.397 e. The van der Waals surface area contributed by atoms with Crippen LogP contribution in [0.2, 0.25) is 0 Å². The molecular formula is C11H16N4S. The average molecular weight is 236 g/mol. The Bertz CT molecular complexity index is 386. The van der Waals surface area contributed by atoms with Crippen LogP contribution >= 0.6 is 11.8 Å². The first-order valence-corrected chi connectivity index (χ1v) is 6.45. The molecule has 0 aromatic carbocycles. The lowest BCUT2D eigenvalue weighted by Gasteiger charge is -2.12. The van der Waals surface area contributed by atoms with Gasteiger partial charge in [0.15, 0.2) is 0 Å². The Morgan fingerprint density at radius 1 is 1.69 bits per heavy atom. The quantitative estimate of drug-likeness (QED) is 0.817. The first-order valence-electron chi connectivity index (χ1n) is 5.05. The highest BCUT2D eigenvalue weighted by atomic mass is 32.2. The highest BCUT2D eigenvalue weighted by molar-refractivity contribution is 7.98. The molecule has 0 amide bonds. The van der Waals surface area contributed by atoms with Gasteiger partial charge in [-0.15, -0.1) is 0 Å². The van der Waals surface area contributed by atoms with Gasteiger partial charge in [0.2, 0.25) is 0 Å². The minimum atomic E-state index is 0.497. The van der Waals surface area contributed by atoms with Gasteiger partial charge in [0, 0.05) is 6.54 Å². The summed E-state index contributed by atoms with van der Waals surface area (Å²) in [5.74, 6) is 2.25. The molecule has 1 aromatic heterocycles. The van der Waals surface area contributed by atoms with E-state index in [1.165, 1.54) is 0 Å². The lowest BCUT2D eigenvalue weighted by Crippen LogP contribution is -2.15. The monoisotopic (exact) mass is 236 g/mol. The van der Waals surface area contributed by atoms with Gasteiger partial charge < -0.3 is 11.1 Å². The van der Waals surface area contributed by atoms with Crippen LogP contribution in [0.25, 0.3) is 0 Å². The third-order valence-corrected chi connectivity index (χ3v) is 3.00. The fourth-order valence-electron chi connectivity index (χ4n) is 1.32. The van der Waals surface area contributed by atoms with Gasteiger partial charge in [-0.2, -0.15) is 17.0 Å². The fraction of sp³-hybridized carbons (Fsp3) is 0.455. The number of nitriles is 1. The van der Waals surface area contributed by atoms with Gasteiger partial charge in [-0.25, -0.2) is 4.98 Å². The van der Waals surface area contributed by atoms with Crippen LogP contribution in [0.5, 0.6) is 0 Å². The average Bonchev–Trinajstić information content (AvgIpc) is 2.27. The van der Waals surface area contributed by atoms with Crippen molar-refractivity contribution in [1.29, 1.82) is 5.26 Å². The smallest absolute Gasteiger partial charge is 0.144 e. The molecule has 86 valence electrons. The van der Waals surface area contributed by atoms with Gasteiger partial charge in [-0.3, -0.25) is 0 Å². The van der Waals surface area contributed by atoms with Crippen molar-refractivity contribution in [3.63, 3.8) is 0 Å². The second-order valence-corrected chi connectivity index (χ2v) is 4.63. The van der Waals surface area contributed by atoms with Crippen LogP contribution in [-0.2, 0) is 0 Å². The van der Waals surface area contributed by atoms with Crippen LogP contribution in [0.4, 0.5) is 11.5 Å². The van der Waals surface area contributed by atoms with Crippen molar-refractivity contribution >= 4 is 23.3 Å². The van der Waals surface area contributed by atoms with E-state index < -0.39 is 0 Å². The summed E-state index contributed by atoms with van der Waals surface area (Å²) in [6.45, 7) is 2.97. The maximum atomic E-state index is 8.92. The number of hydrogen-bond donors (Lipinski definition) is 2. The molecular weight excluding hydrogens is 220 g/mol. The van der Waals surface area contributed by atoms with Crippen LogP contribution < -0.4 is 11.1 Å². The van der Waals surface area contributed by atoms with Crippen molar-refractivity contribution in [2.75, 3.05) is 29.6 Å². The van der Waals surface area contributed by atoms with Crippen molar-refractivity contribution in [1.82, 2.24) is 4.98 Å². The Labute approximate surface area is 100 Å². The number of nitrogens with two attached hydrogens (primary N) is 1. The molecule has 1 unspecified atom stereocenters. The molecule has 0 fully saturated rings. The zero-order chi connectivity index (χ0) is 12.0. The summed E-state index contributed by atoms with van der Waals surface area (Å²) in [5, 5.41) is 12.1. The van der Waals surface area contributed by atoms with Crippen molar-refractivity contribution < 1.29 is 0 Å². The first-order chi connectivity index (χ1) is 7.67. The summed E-state index contributed by atoms with van der Waals surface area (Å²) in [5.41, 5.74) is 6.57. The third kappa shape index (κ3) is 3.63. The van der Waals surface area contributed by atoms with E-state index in [1.54, 1.807) is 12.3 Å². The topological polar surface area (TPSA) is 74.7 Å². The van der Waals surface area contributed by atoms with Gasteiger partial charge in [-0.1, -0.05) is 6.92 Å². The molecule has 1 atom stereocenters. The molecule has 3 N–H and O–H groups in total. The Morgan fingerprint density at radius 2 is 2.44 bits per heavy atom. The van der Waals surface area contributed by atoms with Crippen LogP contribution in [0.1, 0.15) is 12.5 Å². The molecule has 1 heterocycles. The van der Waals surface area contributed by atoms with Crippen molar-refractivity contribution in [2.45, 2.75) is 6.92 Å². The van der Waals surface area contributed by atoms with E-state index in [2.05, 4.69) is 29.5 Å². The van der Waals surface area contributed by atoms with E-state index in [0.29, 0.717) is 23.0 Å². The molecule has 0 aliphatic heterocycles. The van der Waals surface area contributed by atoms with E-state index in [0.717, 1.165) is 12.3 Å². The Morgan fingerprint density at radius 3 is 3.06 bits per heavy atom. The molecule has 1 aromatic rings. The summed E-state index contributed by atoms with van der Waals surface area (Å²) in [4.78, 5) is 4.12. The highest BCUT2D eigenvalue weighted by Gasteiger charge is 2.06. The predicted octanol–water partition coefficient (Wildman–Crippen LogP) is 1.95. The molecule has 0 bridgehead atoms. The number of hydrogen-bond acceptors (Lipinski definition) is 5. The molecule has 0 saturated heterocycles. The zero-order valence-electron chi connectivity index (χ0n) is 9.53. The molecule has 0 spiro atoms. The molecule has 0 aliphatic rings. The molecule has 4 nitrogen and oxygen atoms in total. The second kappa shape index (κ2) is 6.23. The van der Waals surface area contributed by atoms with Crippen molar-refractivity contribution in [3.8, 4) is 6.07 Å². The second-order valence-electron chi connectivity index (χ2n) is 3.72. The number of aromatic nitrogens is 1. The van der Waals surface area contributed by atoms with Crippen molar-refractivity contribution in [3.05, 3.63) is 17.8 Å². The number of anilines is 2. The molecule has 5 heteroatoms. The van der Waals surface area contributed by atoms with E-state index in [4.69, 9.17) is 11.0 Å². The normalized spacial score (nSPS) is 11.8. The van der Waals surface area contributed by atoms with E-state index >= 15 is 0 Å².